The number of nitrogens with zero attached hydrogens (tertiary/aromatic N) is 3. The monoisotopic (exact) mass is 553 g/mol. The number of hydrogen-bond donors (Lipinski definition) is 0. The van der Waals surface area contributed by atoms with Gasteiger partial charge in [-0.2, -0.15) is 5.26 Å². The summed E-state index contributed by atoms with van der Waals surface area (Å²) in [5.74, 6) is -0.0847. The van der Waals surface area contributed by atoms with E-state index in [0.29, 0.717) is 43.2 Å². The SMILES string of the molecule is C=C1CCc2c1cccc2C(C)CCc1ccc(CN2CCN(c3cc(CCCC)c(C#N)cc3F)CC2)cc1F. The molecular weight excluding hydrogens is 512 g/mol. The summed E-state index contributed by atoms with van der Waals surface area (Å²) >= 11 is 0. The van der Waals surface area contributed by atoms with E-state index in [1.54, 1.807) is 6.07 Å². The fourth-order valence-corrected chi connectivity index (χ4v) is 6.44. The first-order valence-electron chi connectivity index (χ1n) is 15.1. The number of halogens is 2. The van der Waals surface area contributed by atoms with Crippen molar-refractivity contribution in [3.8, 4) is 6.07 Å². The van der Waals surface area contributed by atoms with Gasteiger partial charge in [-0.1, -0.05) is 57.2 Å². The Kier molecular flexibility index (Phi) is 9.20. The summed E-state index contributed by atoms with van der Waals surface area (Å²) in [7, 11) is 0. The van der Waals surface area contributed by atoms with Gasteiger partial charge >= 0.3 is 0 Å². The second-order valence-electron chi connectivity index (χ2n) is 11.8. The van der Waals surface area contributed by atoms with Crippen LogP contribution in [0.3, 0.4) is 0 Å². The number of unbranched alkanes of at least 4 members (excludes halogenated alkanes) is 1. The molecular formula is C36H41F2N3. The topological polar surface area (TPSA) is 30.3 Å². The molecule has 1 aliphatic carbocycles. The van der Waals surface area contributed by atoms with Crippen LogP contribution in [0.15, 0.2) is 55.1 Å². The van der Waals surface area contributed by atoms with Crippen molar-refractivity contribution in [2.45, 2.75) is 71.3 Å². The van der Waals surface area contributed by atoms with Crippen LogP contribution in [0.4, 0.5) is 14.5 Å². The van der Waals surface area contributed by atoms with Crippen LogP contribution in [-0.2, 0) is 25.8 Å². The molecule has 3 nitrogen and oxygen atoms in total. The van der Waals surface area contributed by atoms with E-state index in [4.69, 9.17) is 0 Å². The molecule has 0 bridgehead atoms. The average molecular weight is 554 g/mol. The van der Waals surface area contributed by atoms with Gasteiger partial charge in [0, 0.05) is 32.7 Å². The van der Waals surface area contributed by atoms with Gasteiger partial charge in [-0.05, 0) is 102 Å². The van der Waals surface area contributed by atoms with Crippen molar-refractivity contribution in [1.82, 2.24) is 4.90 Å². The van der Waals surface area contributed by atoms with Crippen molar-refractivity contribution in [2.24, 2.45) is 0 Å². The van der Waals surface area contributed by atoms with Gasteiger partial charge in [-0.3, -0.25) is 4.90 Å². The lowest BCUT2D eigenvalue weighted by atomic mass is 9.89. The zero-order chi connectivity index (χ0) is 28.9. The van der Waals surface area contributed by atoms with Crippen LogP contribution in [0.25, 0.3) is 5.57 Å². The number of fused-ring (bicyclic) bond motifs is 1. The van der Waals surface area contributed by atoms with E-state index in [1.165, 1.54) is 28.3 Å². The zero-order valence-electron chi connectivity index (χ0n) is 24.5. The molecule has 0 spiro atoms. The summed E-state index contributed by atoms with van der Waals surface area (Å²) in [6, 6.07) is 17.6. The normalized spacial score (nSPS) is 16.1. The maximum Gasteiger partial charge on any atom is 0.147 e. The number of anilines is 1. The summed E-state index contributed by atoms with van der Waals surface area (Å²) in [6.07, 6.45) is 6.53. The molecule has 5 rings (SSSR count). The molecule has 1 unspecified atom stereocenters. The third kappa shape index (κ3) is 6.54. The fraction of sp³-hybridized carbons (Fsp3) is 0.417. The highest BCUT2D eigenvalue weighted by atomic mass is 19.1. The first-order chi connectivity index (χ1) is 19.9. The molecule has 41 heavy (non-hydrogen) atoms. The van der Waals surface area contributed by atoms with E-state index in [0.717, 1.165) is 68.3 Å². The number of rotatable bonds is 10. The second kappa shape index (κ2) is 13.0. The Labute approximate surface area is 244 Å². The Balaban J connectivity index is 1.16. The lowest BCUT2D eigenvalue weighted by molar-refractivity contribution is 0.249. The van der Waals surface area contributed by atoms with Crippen LogP contribution in [-0.4, -0.2) is 31.1 Å². The molecule has 0 amide bonds. The quantitative estimate of drug-likeness (QED) is 0.254. The minimum atomic E-state index is -0.329. The molecule has 0 saturated carbocycles. The Morgan fingerprint density at radius 1 is 0.951 bits per heavy atom. The van der Waals surface area contributed by atoms with Gasteiger partial charge in [-0.15, -0.1) is 0 Å². The molecule has 1 fully saturated rings. The van der Waals surface area contributed by atoms with Gasteiger partial charge in [0.25, 0.3) is 0 Å². The van der Waals surface area contributed by atoms with Crippen molar-refractivity contribution in [1.29, 1.82) is 5.26 Å². The Bertz CT molecular complexity index is 1450. The highest BCUT2D eigenvalue weighted by Crippen LogP contribution is 2.37. The minimum Gasteiger partial charge on any atom is -0.367 e. The van der Waals surface area contributed by atoms with Crippen molar-refractivity contribution >= 4 is 11.3 Å². The molecule has 3 aromatic rings. The summed E-state index contributed by atoms with van der Waals surface area (Å²) in [5, 5.41) is 9.43. The van der Waals surface area contributed by atoms with Crippen LogP contribution in [0, 0.1) is 23.0 Å². The summed E-state index contributed by atoms with van der Waals surface area (Å²) in [5.41, 5.74) is 9.06. The highest BCUT2D eigenvalue weighted by Gasteiger charge is 2.23. The molecule has 5 heteroatoms. The maximum atomic E-state index is 15.1. The van der Waals surface area contributed by atoms with E-state index < -0.39 is 0 Å². The predicted molar refractivity (Wildman–Crippen MR) is 164 cm³/mol. The molecule has 0 radical (unpaired) electrons. The van der Waals surface area contributed by atoms with Gasteiger partial charge < -0.3 is 4.90 Å². The standard InChI is InChI=1S/C36H41F2N3/c1-4-5-7-29-22-36(35(38)21-30(29)23-39)41-18-16-40(17-19-41)24-27-12-14-28(34(37)20-27)13-10-25(2)31-8-6-9-32-26(3)11-15-33(31)32/h6,8-9,12,14,20-22,25H,3-5,7,10-11,13,15-19,24H2,1-2H3. The molecule has 2 aliphatic rings. The van der Waals surface area contributed by atoms with E-state index in [1.807, 2.05) is 12.1 Å². The number of nitriles is 1. The van der Waals surface area contributed by atoms with Crippen molar-refractivity contribution < 1.29 is 8.78 Å². The van der Waals surface area contributed by atoms with Gasteiger partial charge in [0.15, 0.2) is 0 Å². The van der Waals surface area contributed by atoms with E-state index in [-0.39, 0.29) is 11.6 Å². The number of aryl methyl sites for hydroxylation is 2. The molecule has 0 aromatic heterocycles. The third-order valence-corrected chi connectivity index (χ3v) is 8.98. The van der Waals surface area contributed by atoms with E-state index in [2.05, 4.69) is 60.6 Å². The van der Waals surface area contributed by atoms with Crippen LogP contribution >= 0.6 is 0 Å². The molecule has 3 aromatic carbocycles. The molecule has 214 valence electrons. The van der Waals surface area contributed by atoms with Crippen molar-refractivity contribution in [3.05, 3.63) is 106 Å². The van der Waals surface area contributed by atoms with Crippen LogP contribution in [0.5, 0.6) is 0 Å². The number of piperazine rings is 1. The molecule has 1 saturated heterocycles. The predicted octanol–water partition coefficient (Wildman–Crippen LogP) is 8.20. The van der Waals surface area contributed by atoms with Gasteiger partial charge in [0.1, 0.15) is 11.6 Å². The van der Waals surface area contributed by atoms with Crippen LogP contribution in [0.2, 0.25) is 0 Å². The second-order valence-corrected chi connectivity index (χ2v) is 11.8. The van der Waals surface area contributed by atoms with Crippen LogP contribution < -0.4 is 4.90 Å². The zero-order valence-corrected chi connectivity index (χ0v) is 24.5. The van der Waals surface area contributed by atoms with E-state index in [9.17, 15) is 9.65 Å². The molecule has 1 aliphatic heterocycles. The first-order valence-corrected chi connectivity index (χ1v) is 15.1. The Hall–Kier alpha value is -3.49. The summed E-state index contributed by atoms with van der Waals surface area (Å²) < 4.78 is 30.0. The fourth-order valence-electron chi connectivity index (χ4n) is 6.44. The largest absolute Gasteiger partial charge is 0.367 e. The molecule has 0 N–H and O–H groups in total. The lowest BCUT2D eigenvalue weighted by Crippen LogP contribution is -2.46. The first kappa shape index (κ1) is 29.0. The van der Waals surface area contributed by atoms with Gasteiger partial charge in [-0.25, -0.2) is 8.78 Å². The Morgan fingerprint density at radius 2 is 1.76 bits per heavy atom. The Morgan fingerprint density at radius 3 is 2.49 bits per heavy atom. The summed E-state index contributed by atoms with van der Waals surface area (Å²) in [6.45, 7) is 12.2. The lowest BCUT2D eigenvalue weighted by Gasteiger charge is -2.36. The summed E-state index contributed by atoms with van der Waals surface area (Å²) in [4.78, 5) is 4.38. The number of benzene rings is 3. The van der Waals surface area contributed by atoms with Gasteiger partial charge in [0.2, 0.25) is 0 Å². The van der Waals surface area contributed by atoms with Crippen molar-refractivity contribution in [3.63, 3.8) is 0 Å². The smallest absolute Gasteiger partial charge is 0.147 e. The maximum absolute atomic E-state index is 15.1. The van der Waals surface area contributed by atoms with Crippen LogP contribution in [0.1, 0.15) is 84.4 Å². The molecule has 1 heterocycles. The molecule has 1 atom stereocenters. The number of hydrogen-bond acceptors (Lipinski definition) is 3. The minimum absolute atomic E-state index is 0.126. The highest BCUT2D eigenvalue weighted by molar-refractivity contribution is 5.72. The van der Waals surface area contributed by atoms with Crippen molar-refractivity contribution in [2.75, 3.05) is 31.1 Å². The number of allylic oxidation sites excluding steroid dienone is 1. The average Bonchev–Trinajstić information content (AvgIpc) is 3.37. The third-order valence-electron chi connectivity index (χ3n) is 8.98. The van der Waals surface area contributed by atoms with Gasteiger partial charge in [0.05, 0.1) is 17.3 Å². The van der Waals surface area contributed by atoms with E-state index >= 15 is 4.39 Å².